The van der Waals surface area contributed by atoms with Crippen LogP contribution in [-0.4, -0.2) is 63.6 Å². The number of anilines is 4. The first kappa shape index (κ1) is 25.0. The molecule has 3 heterocycles. The number of likely N-dealkylation sites (N-methyl/N-ethyl adjacent to an activating group) is 1. The first-order chi connectivity index (χ1) is 18.3. The second kappa shape index (κ2) is 10.3. The van der Waals surface area contributed by atoms with Gasteiger partial charge in [-0.3, -0.25) is 14.2 Å². The van der Waals surface area contributed by atoms with Crippen LogP contribution in [0.1, 0.15) is 0 Å². The lowest BCUT2D eigenvalue weighted by Gasteiger charge is -2.34. The molecule has 0 spiro atoms. The first-order valence-electron chi connectivity index (χ1n) is 11.8. The Bertz CT molecular complexity index is 1580. The maximum Gasteiger partial charge on any atom is 0.283 e. The zero-order valence-corrected chi connectivity index (χ0v) is 20.5. The summed E-state index contributed by atoms with van der Waals surface area (Å²) in [5, 5.41) is 5.37. The minimum atomic E-state index is -0.791. The van der Waals surface area contributed by atoms with Crippen molar-refractivity contribution < 1.29 is 13.6 Å². The first-order valence-corrected chi connectivity index (χ1v) is 11.8. The lowest BCUT2D eigenvalue weighted by Crippen LogP contribution is -2.44. The number of carbonyl (C=O) groups is 1. The average molecular weight is 519 g/mol. The van der Waals surface area contributed by atoms with Crippen molar-refractivity contribution in [3.05, 3.63) is 83.6 Å². The maximum absolute atomic E-state index is 15.0. The van der Waals surface area contributed by atoms with Gasteiger partial charge in [0.05, 0.1) is 5.69 Å². The minimum Gasteiger partial charge on any atom is -0.369 e. The van der Waals surface area contributed by atoms with Crippen molar-refractivity contribution in [2.75, 3.05) is 48.8 Å². The highest BCUT2D eigenvalue weighted by atomic mass is 19.1. The molecule has 5 rings (SSSR count). The van der Waals surface area contributed by atoms with Gasteiger partial charge in [-0.15, -0.1) is 0 Å². The number of nitrogens with zero attached hydrogens (tertiary/aromatic N) is 6. The third-order valence-electron chi connectivity index (χ3n) is 6.23. The Hall–Kier alpha value is -4.71. The van der Waals surface area contributed by atoms with E-state index in [-0.39, 0.29) is 22.9 Å². The standard InChI is InChI=1S/C26H24F2N8O2/c1-3-22(37)31-16-5-4-6-17(11-16)36-15-30-25(38)19-14-29-26(33-24(19)36)32-23-20(27)12-18(13-21(23)28)35-9-7-34(2)8-10-35/h3-6,11-15H,1,7-10H2,2H3,(H,31,37)(H,29,32,33). The number of nitrogens with one attached hydrogen (secondary N) is 2. The van der Waals surface area contributed by atoms with Crippen LogP contribution in [0.5, 0.6) is 0 Å². The summed E-state index contributed by atoms with van der Waals surface area (Å²) in [6, 6.07) is 9.31. The highest BCUT2D eigenvalue weighted by Crippen LogP contribution is 2.28. The number of amides is 1. The number of hydrogen-bond donors (Lipinski definition) is 2. The average Bonchev–Trinajstić information content (AvgIpc) is 2.91. The molecular weight excluding hydrogens is 494 g/mol. The number of benzene rings is 2. The molecule has 0 atom stereocenters. The van der Waals surface area contributed by atoms with E-state index < -0.39 is 22.9 Å². The molecule has 38 heavy (non-hydrogen) atoms. The lowest BCUT2D eigenvalue weighted by atomic mass is 10.2. The molecule has 0 aliphatic carbocycles. The number of rotatable bonds is 6. The van der Waals surface area contributed by atoms with Crippen molar-refractivity contribution in [2.45, 2.75) is 0 Å². The van der Waals surface area contributed by atoms with Crippen LogP contribution >= 0.6 is 0 Å². The smallest absolute Gasteiger partial charge is 0.283 e. The van der Waals surface area contributed by atoms with E-state index in [0.717, 1.165) is 19.2 Å². The molecule has 1 aliphatic rings. The van der Waals surface area contributed by atoms with Gasteiger partial charge in [-0.1, -0.05) is 12.6 Å². The van der Waals surface area contributed by atoms with Crippen LogP contribution in [0.4, 0.5) is 31.8 Å². The summed E-state index contributed by atoms with van der Waals surface area (Å²) in [5.41, 5.74) is 0.664. The highest BCUT2D eigenvalue weighted by molar-refractivity contribution is 5.99. The molecule has 4 aromatic rings. The molecule has 1 fully saturated rings. The van der Waals surface area contributed by atoms with Gasteiger partial charge < -0.3 is 20.4 Å². The second-order valence-corrected chi connectivity index (χ2v) is 8.79. The molecule has 194 valence electrons. The largest absolute Gasteiger partial charge is 0.369 e. The van der Waals surface area contributed by atoms with Gasteiger partial charge in [-0.2, -0.15) is 9.97 Å². The van der Waals surface area contributed by atoms with Gasteiger partial charge in [-0.05, 0) is 43.5 Å². The highest BCUT2D eigenvalue weighted by Gasteiger charge is 2.20. The molecule has 0 saturated carbocycles. The maximum atomic E-state index is 15.0. The Morgan fingerprint density at radius 3 is 2.50 bits per heavy atom. The molecule has 0 unspecified atom stereocenters. The van der Waals surface area contributed by atoms with Crippen molar-refractivity contribution in [1.29, 1.82) is 0 Å². The fourth-order valence-corrected chi connectivity index (χ4v) is 4.16. The van der Waals surface area contributed by atoms with Crippen LogP contribution < -0.4 is 21.1 Å². The van der Waals surface area contributed by atoms with Crippen LogP contribution in [0.15, 0.2) is 66.4 Å². The second-order valence-electron chi connectivity index (χ2n) is 8.79. The van der Waals surface area contributed by atoms with Crippen LogP contribution in [-0.2, 0) is 4.79 Å². The zero-order chi connectivity index (χ0) is 26.8. The molecule has 1 amide bonds. The molecule has 1 saturated heterocycles. The molecule has 10 nitrogen and oxygen atoms in total. The minimum absolute atomic E-state index is 0.102. The van der Waals surface area contributed by atoms with Gasteiger partial charge in [0, 0.05) is 43.8 Å². The van der Waals surface area contributed by atoms with Gasteiger partial charge in [-0.25, -0.2) is 13.8 Å². The normalized spacial score (nSPS) is 13.9. The van der Waals surface area contributed by atoms with Crippen LogP contribution in [0.3, 0.4) is 0 Å². The van der Waals surface area contributed by atoms with E-state index in [1.54, 1.807) is 24.3 Å². The third kappa shape index (κ3) is 5.06. The summed E-state index contributed by atoms with van der Waals surface area (Å²) >= 11 is 0. The van der Waals surface area contributed by atoms with Crippen LogP contribution in [0.25, 0.3) is 16.7 Å². The monoisotopic (exact) mass is 518 g/mol. The Kier molecular flexibility index (Phi) is 6.79. The number of carbonyl (C=O) groups excluding carboxylic acids is 1. The molecule has 0 radical (unpaired) electrons. The number of aromatic nitrogens is 4. The van der Waals surface area contributed by atoms with Crippen molar-refractivity contribution in [1.82, 2.24) is 24.4 Å². The quantitative estimate of drug-likeness (QED) is 0.375. The molecule has 0 bridgehead atoms. The van der Waals surface area contributed by atoms with E-state index in [4.69, 9.17) is 0 Å². The van der Waals surface area contributed by atoms with Crippen molar-refractivity contribution in [2.24, 2.45) is 0 Å². The topological polar surface area (TPSA) is 108 Å². The van der Waals surface area contributed by atoms with E-state index in [2.05, 4.69) is 37.1 Å². The predicted octanol–water partition coefficient (Wildman–Crippen LogP) is 3.07. The summed E-state index contributed by atoms with van der Waals surface area (Å²) < 4.78 is 31.6. The van der Waals surface area contributed by atoms with Gasteiger partial charge in [0.15, 0.2) is 17.3 Å². The molecular formula is C26H24F2N8O2. The summed E-state index contributed by atoms with van der Waals surface area (Å²) in [4.78, 5) is 40.5. The number of hydrogen-bond acceptors (Lipinski definition) is 8. The lowest BCUT2D eigenvalue weighted by molar-refractivity contribution is -0.111. The molecule has 2 aromatic heterocycles. The van der Waals surface area contributed by atoms with Gasteiger partial charge in [0.25, 0.3) is 5.56 Å². The Labute approximate surface area is 216 Å². The van der Waals surface area contributed by atoms with Gasteiger partial charge in [0.2, 0.25) is 11.9 Å². The Morgan fingerprint density at radius 2 is 1.79 bits per heavy atom. The molecule has 12 heteroatoms. The predicted molar refractivity (Wildman–Crippen MR) is 141 cm³/mol. The van der Waals surface area contributed by atoms with E-state index in [0.29, 0.717) is 30.2 Å². The van der Waals surface area contributed by atoms with Crippen LogP contribution in [0, 0.1) is 11.6 Å². The van der Waals surface area contributed by atoms with E-state index >= 15 is 8.78 Å². The number of piperazine rings is 1. The van der Waals surface area contributed by atoms with Crippen molar-refractivity contribution >= 4 is 40.0 Å². The Balaban J connectivity index is 1.49. The summed E-state index contributed by atoms with van der Waals surface area (Å²) in [5.74, 6) is -2.08. The summed E-state index contributed by atoms with van der Waals surface area (Å²) in [6.07, 6.45) is 3.67. The fourth-order valence-electron chi connectivity index (χ4n) is 4.16. The van der Waals surface area contributed by atoms with Crippen molar-refractivity contribution in [3.63, 3.8) is 0 Å². The van der Waals surface area contributed by atoms with E-state index in [1.165, 1.54) is 29.2 Å². The molecule has 2 N–H and O–H groups in total. The fraction of sp³-hybridized carbons (Fsp3) is 0.192. The van der Waals surface area contributed by atoms with Crippen LogP contribution in [0.2, 0.25) is 0 Å². The third-order valence-corrected chi connectivity index (χ3v) is 6.23. The van der Waals surface area contributed by atoms with Gasteiger partial charge >= 0.3 is 0 Å². The molecule has 1 aliphatic heterocycles. The number of halogens is 2. The van der Waals surface area contributed by atoms with E-state index in [1.807, 2.05) is 11.9 Å². The SMILES string of the molecule is C=CC(=O)Nc1cccc(-n2cnc(=O)c3cnc(Nc4c(F)cc(N5CCN(C)CC5)cc4F)nc32)c1. The number of fused-ring (bicyclic) bond motifs is 1. The van der Waals surface area contributed by atoms with E-state index in [9.17, 15) is 9.59 Å². The summed E-state index contributed by atoms with van der Waals surface area (Å²) in [7, 11) is 2.00. The molecule has 2 aromatic carbocycles. The zero-order valence-electron chi connectivity index (χ0n) is 20.5. The van der Waals surface area contributed by atoms with Crippen molar-refractivity contribution in [3.8, 4) is 5.69 Å². The Morgan fingerprint density at radius 1 is 1.05 bits per heavy atom. The van der Waals surface area contributed by atoms with Gasteiger partial charge in [0.1, 0.15) is 17.4 Å². The summed E-state index contributed by atoms with van der Waals surface area (Å²) in [6.45, 7) is 6.37.